The SMILES string of the molecule is CCS(=O)(=O)c1cccnc1S(=O)(=O)NC(=O)Nc1nc(OC)cc(OC)n1.Nc1c([N+](=O)[O-])ccc(Oc2ccccc2)c1Cl.O=C(Nc1nc(OC(F)F)cc(OC(F)F)n1)NS(=O)(=O)c1ccccc1C(=O)O. The van der Waals surface area contributed by atoms with Crippen LogP contribution in [0.4, 0.5) is 50.4 Å². The fraction of sp³-hybridized carbons (Fsp3) is 0.150. The Kier molecular flexibility index (Phi) is 20.6. The van der Waals surface area contributed by atoms with Crippen LogP contribution in [0.15, 0.2) is 112 Å². The van der Waals surface area contributed by atoms with Crippen LogP contribution in [-0.4, -0.2) is 111 Å². The third kappa shape index (κ3) is 17.1. The molecule has 0 fully saturated rings. The molecule has 3 heterocycles. The molecule has 0 aliphatic heterocycles. The van der Waals surface area contributed by atoms with Gasteiger partial charge in [-0.1, -0.05) is 48.9 Å². The van der Waals surface area contributed by atoms with Gasteiger partial charge in [-0.25, -0.2) is 45.6 Å². The molecular weight excluding hydrogens is 1110 g/mol. The number of nitrogens with zero attached hydrogens (tertiary/aromatic N) is 6. The van der Waals surface area contributed by atoms with E-state index in [0.717, 1.165) is 24.4 Å². The van der Waals surface area contributed by atoms with Crippen molar-refractivity contribution in [3.63, 3.8) is 0 Å². The molecule has 3 aromatic heterocycles. The van der Waals surface area contributed by atoms with Crippen molar-refractivity contribution in [2.24, 2.45) is 0 Å². The highest BCUT2D eigenvalue weighted by Crippen LogP contribution is 2.39. The third-order valence-corrected chi connectivity index (χ3v) is 13.5. The molecule has 0 bridgehead atoms. The Labute approximate surface area is 430 Å². The van der Waals surface area contributed by atoms with E-state index in [9.17, 15) is 67.3 Å². The first kappa shape index (κ1) is 59.6. The predicted molar refractivity (Wildman–Crippen MR) is 254 cm³/mol. The summed E-state index contributed by atoms with van der Waals surface area (Å²) in [6.45, 7) is -5.46. The quantitative estimate of drug-likeness (QED) is 0.0260. The third-order valence-electron chi connectivity index (χ3n) is 8.50. The summed E-state index contributed by atoms with van der Waals surface area (Å²) in [5.41, 5.74) is 4.60. The van der Waals surface area contributed by atoms with Gasteiger partial charge in [-0.05, 0) is 42.5 Å². The predicted octanol–water partition coefficient (Wildman–Crippen LogP) is 5.70. The van der Waals surface area contributed by atoms with Crippen molar-refractivity contribution in [2.45, 2.75) is 35.0 Å². The van der Waals surface area contributed by atoms with Crippen molar-refractivity contribution < 1.29 is 90.9 Å². The van der Waals surface area contributed by atoms with Crippen molar-refractivity contribution >= 4 is 82.8 Å². The molecule has 0 spiro atoms. The Bertz CT molecular complexity index is 3380. The second kappa shape index (κ2) is 26.3. The number of alkyl halides is 4. The number of methoxy groups -OCH3 is 2. The summed E-state index contributed by atoms with van der Waals surface area (Å²) in [7, 11) is -10.6. The van der Waals surface area contributed by atoms with Gasteiger partial charge in [0.15, 0.2) is 14.9 Å². The van der Waals surface area contributed by atoms with E-state index in [1.165, 1.54) is 62.3 Å². The van der Waals surface area contributed by atoms with Crippen LogP contribution in [0.3, 0.4) is 0 Å². The van der Waals surface area contributed by atoms with Crippen LogP contribution >= 0.6 is 11.6 Å². The molecule has 7 N–H and O–H groups in total. The zero-order valence-electron chi connectivity index (χ0n) is 38.5. The van der Waals surface area contributed by atoms with Crippen LogP contribution in [0.5, 0.6) is 35.0 Å². The number of nitrogens with two attached hydrogens (primary N) is 1. The van der Waals surface area contributed by atoms with Crippen LogP contribution in [-0.2, 0) is 29.9 Å². The van der Waals surface area contributed by atoms with E-state index >= 15 is 0 Å². The number of pyridine rings is 1. The number of urea groups is 2. The van der Waals surface area contributed by atoms with Crippen molar-refractivity contribution in [1.82, 2.24) is 34.4 Å². The molecule has 0 aliphatic rings. The van der Waals surface area contributed by atoms with Crippen LogP contribution in [0.2, 0.25) is 5.02 Å². The minimum Gasteiger partial charge on any atom is -0.481 e. The van der Waals surface area contributed by atoms with Crippen molar-refractivity contribution in [2.75, 3.05) is 36.3 Å². The number of nitrogens with one attached hydrogen (secondary N) is 4. The zero-order valence-corrected chi connectivity index (χ0v) is 41.7. The summed E-state index contributed by atoms with van der Waals surface area (Å²) >= 11 is 5.94. The average molecular weight is 1150 g/mol. The number of para-hydroxylation sites is 1. The molecule has 6 rings (SSSR count). The smallest absolute Gasteiger partial charge is 0.388 e. The lowest BCUT2D eigenvalue weighted by molar-refractivity contribution is -0.383. The van der Waals surface area contributed by atoms with Gasteiger partial charge in [-0.3, -0.25) is 20.7 Å². The number of benzene rings is 3. The lowest BCUT2D eigenvalue weighted by atomic mass is 10.2. The number of carbonyl (C=O) groups excluding carboxylic acids is 2. The molecule has 406 valence electrons. The first-order chi connectivity index (χ1) is 35.7. The number of aromatic carboxylic acids is 1. The van der Waals surface area contributed by atoms with E-state index in [1.54, 1.807) is 34.3 Å². The molecule has 0 saturated heterocycles. The molecule has 76 heavy (non-hydrogen) atoms. The van der Waals surface area contributed by atoms with Crippen LogP contribution in [0.1, 0.15) is 17.3 Å². The summed E-state index contributed by atoms with van der Waals surface area (Å²) in [6.07, 6.45) is 1.09. The van der Waals surface area contributed by atoms with E-state index in [-0.39, 0.29) is 45.6 Å². The van der Waals surface area contributed by atoms with Crippen LogP contribution in [0, 0.1) is 10.1 Å². The van der Waals surface area contributed by atoms with Crippen LogP contribution in [0.25, 0.3) is 0 Å². The number of aromatic nitrogens is 5. The minimum absolute atomic E-state index is 0.0352. The highest BCUT2D eigenvalue weighted by atomic mass is 35.5. The monoisotopic (exact) mass is 1150 g/mol. The Balaban J connectivity index is 0.000000254. The number of carboxylic acid groups (broad SMARTS) is 1. The number of hydrogen-bond acceptors (Lipinski definition) is 22. The van der Waals surface area contributed by atoms with Gasteiger partial charge < -0.3 is 34.5 Å². The van der Waals surface area contributed by atoms with Gasteiger partial charge in [0, 0.05) is 12.3 Å². The number of sulfonamides is 2. The first-order valence-electron chi connectivity index (χ1n) is 20.1. The van der Waals surface area contributed by atoms with Gasteiger partial charge in [0.05, 0.1) is 42.6 Å². The molecule has 3 aromatic carbocycles. The molecule has 0 saturated carbocycles. The number of carbonyl (C=O) groups is 3. The maximum atomic E-state index is 12.5. The Morgan fingerprint density at radius 2 is 1.21 bits per heavy atom. The highest BCUT2D eigenvalue weighted by Gasteiger charge is 2.29. The Morgan fingerprint density at radius 3 is 1.71 bits per heavy atom. The molecule has 28 nitrogen and oxygen atoms in total. The zero-order chi connectivity index (χ0) is 56.5. The van der Waals surface area contributed by atoms with E-state index in [4.69, 9.17) is 36.7 Å². The summed E-state index contributed by atoms with van der Waals surface area (Å²) in [6, 6.07) is 17.3. The number of nitro groups is 1. The Morgan fingerprint density at radius 1 is 0.724 bits per heavy atom. The molecule has 0 atom stereocenters. The average Bonchev–Trinajstić information content (AvgIpc) is 3.35. The van der Waals surface area contributed by atoms with E-state index in [2.05, 4.69) is 39.7 Å². The molecule has 0 radical (unpaired) electrons. The topological polar surface area (TPSA) is 402 Å². The van der Waals surface area contributed by atoms with Gasteiger partial charge in [-0.15, -0.1) is 0 Å². The summed E-state index contributed by atoms with van der Waals surface area (Å²) < 4.78 is 149. The number of anilines is 3. The normalized spacial score (nSPS) is 11.1. The summed E-state index contributed by atoms with van der Waals surface area (Å²) in [5, 5.41) is 22.7. The number of rotatable bonds is 18. The van der Waals surface area contributed by atoms with Crippen molar-refractivity contribution in [3.8, 4) is 35.0 Å². The van der Waals surface area contributed by atoms with Gasteiger partial charge >= 0.3 is 31.3 Å². The molecular formula is C40H36ClF4N11O17S3. The number of nitrogen functional groups attached to an aromatic ring is 1. The number of amides is 4. The van der Waals surface area contributed by atoms with E-state index in [1.807, 2.05) is 6.07 Å². The number of sulfone groups is 1. The fourth-order valence-corrected chi connectivity index (χ4v) is 9.15. The van der Waals surface area contributed by atoms with Gasteiger partial charge in [-0.2, -0.15) is 45.9 Å². The van der Waals surface area contributed by atoms with Crippen LogP contribution < -0.4 is 49.5 Å². The first-order valence-corrected chi connectivity index (χ1v) is 25.1. The van der Waals surface area contributed by atoms with Crippen molar-refractivity contribution in [1.29, 1.82) is 0 Å². The molecule has 4 amide bonds. The van der Waals surface area contributed by atoms with Gasteiger partial charge in [0.1, 0.15) is 32.0 Å². The number of ether oxygens (including phenoxy) is 5. The number of nitro benzene ring substituents is 1. The second-order valence-corrected chi connectivity index (χ2v) is 19.4. The van der Waals surface area contributed by atoms with E-state index < -0.39 is 104 Å². The molecule has 0 unspecified atom stereocenters. The van der Waals surface area contributed by atoms with E-state index in [0.29, 0.717) is 11.8 Å². The van der Waals surface area contributed by atoms with Gasteiger partial charge in [0.25, 0.3) is 25.7 Å². The fourth-order valence-electron chi connectivity index (χ4n) is 5.30. The number of hydrogen-bond donors (Lipinski definition) is 6. The lowest BCUT2D eigenvalue weighted by Crippen LogP contribution is -2.36. The number of halogens is 5. The Hall–Kier alpha value is -8.96. The standard InChI is InChI=1S/C14H10F4N4O7S.C14H17N5O7S2.C12H9ClN2O3/c15-11(16)28-8-5-9(29-12(17)18)20-13(19-8)21-14(25)22-30(26,27)7-4-2-1-3-6(7)10(23)24;1-4-27(21,22)9-6-5-7-15-12(9)28(23,24)19-14(20)18-13-16-10(25-2)8-11(17-13)26-3;13-11-10(18-8-4-2-1-3-5-8)7-6-9(12(11)14)15(16)17/h1-5,11-12H,(H,23,24)(H2,19,20,21,22,25);5-8H,4H2,1-3H3,(H2,16,17,18,19,20);1-7H,14H2. The van der Waals surface area contributed by atoms with Gasteiger partial charge in [0.2, 0.25) is 35.4 Å². The largest absolute Gasteiger partial charge is 0.481 e. The maximum absolute atomic E-state index is 12.5. The summed E-state index contributed by atoms with van der Waals surface area (Å²) in [4.78, 5) is 61.8. The molecule has 36 heteroatoms. The maximum Gasteiger partial charge on any atom is 0.388 e. The highest BCUT2D eigenvalue weighted by molar-refractivity contribution is 7.93. The number of carboxylic acids is 1. The second-order valence-electron chi connectivity index (χ2n) is 13.5. The van der Waals surface area contributed by atoms with Crippen molar-refractivity contribution in [3.05, 3.63) is 118 Å². The summed E-state index contributed by atoms with van der Waals surface area (Å²) in [5.74, 6) is -4.12. The molecule has 0 aliphatic carbocycles. The minimum atomic E-state index is -4.71. The lowest BCUT2D eigenvalue weighted by Gasteiger charge is -2.11. The molecule has 6 aromatic rings.